The molecule has 0 spiro atoms. The molecule has 1 unspecified atom stereocenters. The lowest BCUT2D eigenvalue weighted by Gasteiger charge is -2.28. The molecule has 124 valence electrons. The van der Waals surface area contributed by atoms with Gasteiger partial charge in [0.15, 0.2) is 0 Å². The number of alkyl halides is 3. The van der Waals surface area contributed by atoms with Crippen LogP contribution in [0.1, 0.15) is 75.5 Å². The van der Waals surface area contributed by atoms with Crippen LogP contribution in [0.25, 0.3) is 0 Å². The molecule has 1 aromatic carbocycles. The maximum Gasteiger partial charge on any atom is 0.523 e. The molecule has 1 aliphatic carbocycles. The van der Waals surface area contributed by atoms with Gasteiger partial charge in [-0.05, 0) is 55.6 Å². The van der Waals surface area contributed by atoms with Gasteiger partial charge in [-0.2, -0.15) is 0 Å². The predicted octanol–water partition coefficient (Wildman–Crippen LogP) is 6.36. The van der Waals surface area contributed by atoms with E-state index in [0.29, 0.717) is 11.5 Å². The van der Waals surface area contributed by atoms with Gasteiger partial charge in [0.1, 0.15) is 0 Å². The first-order chi connectivity index (χ1) is 10.4. The van der Waals surface area contributed by atoms with Crippen molar-refractivity contribution < 1.29 is 17.9 Å². The summed E-state index contributed by atoms with van der Waals surface area (Å²) >= 11 is 0. The van der Waals surface area contributed by atoms with E-state index in [9.17, 15) is 13.2 Å². The Hall–Kier alpha value is -1.03. The third-order valence-corrected chi connectivity index (χ3v) is 4.73. The van der Waals surface area contributed by atoms with E-state index in [0.717, 1.165) is 5.92 Å². The summed E-state index contributed by atoms with van der Waals surface area (Å²) in [6.07, 6.45) is 1.95. The van der Waals surface area contributed by atoms with Crippen molar-refractivity contribution in [2.75, 3.05) is 0 Å². The fraction of sp³-hybridized carbons (Fsp3) is 0.667. The van der Waals surface area contributed by atoms with Crippen molar-refractivity contribution in [1.29, 1.82) is 0 Å². The van der Waals surface area contributed by atoms with E-state index in [1.165, 1.54) is 51.0 Å². The quantitative estimate of drug-likeness (QED) is 0.614. The number of rotatable bonds is 5. The Balaban J connectivity index is 1.92. The van der Waals surface area contributed by atoms with Gasteiger partial charge in [0, 0.05) is 0 Å². The smallest absolute Gasteiger partial charge is 0.284 e. The van der Waals surface area contributed by atoms with Crippen LogP contribution in [0.15, 0.2) is 24.3 Å². The topological polar surface area (TPSA) is 9.23 Å². The molecule has 0 amide bonds. The summed E-state index contributed by atoms with van der Waals surface area (Å²) in [5.74, 6) is 1.42. The van der Waals surface area contributed by atoms with Gasteiger partial charge < -0.3 is 0 Å². The van der Waals surface area contributed by atoms with Crippen LogP contribution in [0.2, 0.25) is 0 Å². The first kappa shape index (κ1) is 17.3. The molecule has 1 nitrogen and oxygen atoms in total. The number of hydrogen-bond donors (Lipinski definition) is 0. The largest absolute Gasteiger partial charge is 0.523 e. The minimum atomic E-state index is -4.59. The number of hydrogen-bond acceptors (Lipinski definition) is 1. The highest BCUT2D eigenvalue weighted by atomic mass is 19.4. The highest BCUT2D eigenvalue weighted by molar-refractivity contribution is 5.27. The van der Waals surface area contributed by atoms with Gasteiger partial charge in [-0.3, -0.25) is 4.74 Å². The van der Waals surface area contributed by atoms with Gasteiger partial charge >= 0.3 is 6.36 Å². The Morgan fingerprint density at radius 1 is 1.09 bits per heavy atom. The van der Waals surface area contributed by atoms with Gasteiger partial charge in [-0.25, -0.2) is 0 Å². The molecule has 1 saturated carbocycles. The van der Waals surface area contributed by atoms with Gasteiger partial charge in [0.25, 0.3) is 0 Å². The van der Waals surface area contributed by atoms with Crippen LogP contribution in [-0.2, 0) is 4.74 Å². The monoisotopic (exact) mass is 314 g/mol. The normalized spacial score (nSPS) is 24.2. The molecule has 22 heavy (non-hydrogen) atoms. The zero-order valence-corrected chi connectivity index (χ0v) is 13.3. The van der Waals surface area contributed by atoms with Gasteiger partial charge in [-0.1, -0.05) is 44.0 Å². The highest BCUT2D eigenvalue weighted by Gasteiger charge is 2.32. The second-order valence-electron chi connectivity index (χ2n) is 6.38. The van der Waals surface area contributed by atoms with E-state index < -0.39 is 12.5 Å². The van der Waals surface area contributed by atoms with Crippen molar-refractivity contribution in [3.05, 3.63) is 35.4 Å². The molecule has 2 rings (SSSR count). The zero-order chi connectivity index (χ0) is 16.2. The number of halogens is 3. The Morgan fingerprint density at radius 3 is 2.18 bits per heavy atom. The molecule has 0 aliphatic heterocycles. The minimum absolute atomic E-state index is 0.556. The fourth-order valence-corrected chi connectivity index (χ4v) is 3.50. The summed E-state index contributed by atoms with van der Waals surface area (Å²) in [6.45, 7) is 3.66. The zero-order valence-electron chi connectivity index (χ0n) is 13.3. The molecule has 1 fully saturated rings. The summed E-state index contributed by atoms with van der Waals surface area (Å²) in [5, 5.41) is 0. The van der Waals surface area contributed by atoms with Gasteiger partial charge in [0.2, 0.25) is 0 Å². The van der Waals surface area contributed by atoms with Crippen molar-refractivity contribution in [3.63, 3.8) is 0 Å². The van der Waals surface area contributed by atoms with Crippen LogP contribution in [-0.4, -0.2) is 6.36 Å². The Labute approximate surface area is 130 Å². The van der Waals surface area contributed by atoms with E-state index in [1.807, 2.05) is 12.1 Å². The average molecular weight is 314 g/mol. The molecule has 1 atom stereocenters. The Morgan fingerprint density at radius 2 is 1.68 bits per heavy atom. The van der Waals surface area contributed by atoms with Crippen LogP contribution in [0, 0.1) is 5.92 Å². The summed E-state index contributed by atoms with van der Waals surface area (Å²) in [6, 6.07) is 7.47. The second-order valence-corrected chi connectivity index (χ2v) is 6.38. The molecule has 0 heterocycles. The molecular weight excluding hydrogens is 289 g/mol. The van der Waals surface area contributed by atoms with Crippen LogP contribution in [0.4, 0.5) is 13.2 Å². The lowest BCUT2D eigenvalue weighted by Crippen LogP contribution is -2.16. The molecule has 0 bridgehead atoms. The summed E-state index contributed by atoms with van der Waals surface area (Å²) < 4.78 is 40.8. The lowest BCUT2D eigenvalue weighted by molar-refractivity contribution is -0.342. The molecule has 0 aromatic heterocycles. The summed E-state index contributed by atoms with van der Waals surface area (Å²) in [7, 11) is 0. The lowest BCUT2D eigenvalue weighted by atomic mass is 9.77. The van der Waals surface area contributed by atoms with Crippen molar-refractivity contribution in [2.45, 2.75) is 70.8 Å². The molecule has 0 saturated heterocycles. The highest BCUT2D eigenvalue weighted by Crippen LogP contribution is 2.38. The van der Waals surface area contributed by atoms with Crippen molar-refractivity contribution in [3.8, 4) is 0 Å². The maximum absolute atomic E-state index is 12.2. The van der Waals surface area contributed by atoms with Crippen molar-refractivity contribution in [1.82, 2.24) is 0 Å². The molecule has 1 aliphatic rings. The predicted molar refractivity (Wildman–Crippen MR) is 81.6 cm³/mol. The third-order valence-electron chi connectivity index (χ3n) is 4.73. The average Bonchev–Trinajstić information content (AvgIpc) is 2.47. The SMILES string of the molecule is CCCC1CCC(c2ccc(C(C)OC(F)(F)F)cc2)CC1. The van der Waals surface area contributed by atoms with Crippen LogP contribution in [0.5, 0.6) is 0 Å². The standard InChI is InChI=1S/C18H25F3O/c1-3-4-14-5-7-16(8-6-14)17-11-9-15(10-12-17)13(2)22-18(19,20)21/h9-14,16H,3-8H2,1-2H3. The van der Waals surface area contributed by atoms with Crippen LogP contribution in [0.3, 0.4) is 0 Å². The second kappa shape index (κ2) is 7.49. The van der Waals surface area contributed by atoms with E-state index in [1.54, 1.807) is 12.1 Å². The van der Waals surface area contributed by atoms with Gasteiger partial charge in [-0.15, -0.1) is 13.2 Å². The first-order valence-corrected chi connectivity index (χ1v) is 8.23. The first-order valence-electron chi connectivity index (χ1n) is 8.23. The van der Waals surface area contributed by atoms with E-state index >= 15 is 0 Å². The van der Waals surface area contributed by atoms with Crippen LogP contribution >= 0.6 is 0 Å². The Kier molecular flexibility index (Phi) is 5.90. The minimum Gasteiger partial charge on any atom is -0.284 e. The third kappa shape index (κ3) is 5.01. The molecule has 4 heteroatoms. The fourth-order valence-electron chi connectivity index (χ4n) is 3.50. The Bertz CT molecular complexity index is 444. The van der Waals surface area contributed by atoms with Crippen molar-refractivity contribution in [2.24, 2.45) is 5.92 Å². The van der Waals surface area contributed by atoms with E-state index in [4.69, 9.17) is 0 Å². The number of benzene rings is 1. The molecule has 0 radical (unpaired) electrons. The van der Waals surface area contributed by atoms with E-state index in [2.05, 4.69) is 11.7 Å². The summed E-state index contributed by atoms with van der Waals surface area (Å²) in [4.78, 5) is 0. The maximum atomic E-state index is 12.2. The number of ether oxygens (including phenoxy) is 1. The van der Waals surface area contributed by atoms with Gasteiger partial charge in [0.05, 0.1) is 6.10 Å². The molecule has 1 aromatic rings. The van der Waals surface area contributed by atoms with E-state index in [-0.39, 0.29) is 0 Å². The van der Waals surface area contributed by atoms with Crippen LogP contribution < -0.4 is 0 Å². The molecular formula is C18H25F3O. The molecule has 0 N–H and O–H groups in total. The summed E-state index contributed by atoms with van der Waals surface area (Å²) in [5.41, 5.74) is 1.82. The van der Waals surface area contributed by atoms with Crippen molar-refractivity contribution >= 4 is 0 Å².